The first kappa shape index (κ1) is 12.1. The molecule has 0 aromatic rings. The third kappa shape index (κ3) is 3.56. The Morgan fingerprint density at radius 1 is 1.60 bits per heavy atom. The highest BCUT2D eigenvalue weighted by molar-refractivity contribution is 5.82. The predicted octanol–water partition coefficient (Wildman–Crippen LogP) is 0.902. The summed E-state index contributed by atoms with van der Waals surface area (Å²) in [6.45, 7) is 6.75. The average molecular weight is 208 g/mol. The molecule has 0 aromatic heterocycles. The zero-order valence-corrected chi connectivity index (χ0v) is 9.76. The van der Waals surface area contributed by atoms with Gasteiger partial charge in [0.05, 0.1) is 11.6 Å². The lowest BCUT2D eigenvalue weighted by molar-refractivity contribution is -0.125. The van der Waals surface area contributed by atoms with Crippen LogP contribution in [0.1, 0.15) is 33.6 Å². The van der Waals surface area contributed by atoms with E-state index in [4.69, 9.17) is 6.42 Å². The van der Waals surface area contributed by atoms with Crippen LogP contribution in [-0.2, 0) is 4.79 Å². The maximum Gasteiger partial charge on any atom is 0.238 e. The number of carbonyl (C=O) groups excluding carboxylic acids is 1. The highest BCUT2D eigenvalue weighted by Crippen LogP contribution is 2.15. The Kier molecular flexibility index (Phi) is 3.76. The van der Waals surface area contributed by atoms with Gasteiger partial charge >= 0.3 is 0 Å². The quantitative estimate of drug-likeness (QED) is 0.662. The smallest absolute Gasteiger partial charge is 0.238 e. The van der Waals surface area contributed by atoms with E-state index in [1.54, 1.807) is 0 Å². The van der Waals surface area contributed by atoms with Crippen molar-refractivity contribution in [3.8, 4) is 12.3 Å². The molecule has 1 heterocycles. The molecule has 0 bridgehead atoms. The fraction of sp³-hybridized carbons (Fsp3) is 0.750. The molecule has 0 saturated carbocycles. The van der Waals surface area contributed by atoms with Gasteiger partial charge in [0.15, 0.2) is 0 Å². The molecular formula is C12H20N2O. The first-order chi connectivity index (χ1) is 6.94. The molecule has 84 valence electrons. The summed E-state index contributed by atoms with van der Waals surface area (Å²) in [4.78, 5) is 11.8. The number of terminal acetylenes is 1. The summed E-state index contributed by atoms with van der Waals surface area (Å²) in [7, 11) is 0. The molecule has 3 heteroatoms. The number of piperidine rings is 1. The van der Waals surface area contributed by atoms with Gasteiger partial charge in [-0.05, 0) is 39.2 Å². The second-order valence-electron chi connectivity index (χ2n) is 4.89. The van der Waals surface area contributed by atoms with Gasteiger partial charge in [-0.25, -0.2) is 0 Å². The van der Waals surface area contributed by atoms with Crippen LogP contribution < -0.4 is 10.6 Å². The standard InChI is InChI=1S/C12H20N2O/c1-5-12(3,4)14-11(15)10-8-9(2)6-7-13-10/h1,9-10,13H,6-8H2,2-4H3,(H,14,15). The van der Waals surface area contributed by atoms with Crippen LogP contribution >= 0.6 is 0 Å². The normalized spacial score (nSPS) is 26.8. The Morgan fingerprint density at radius 2 is 2.27 bits per heavy atom. The zero-order chi connectivity index (χ0) is 11.5. The molecule has 0 aromatic carbocycles. The molecule has 0 radical (unpaired) electrons. The van der Waals surface area contributed by atoms with Crippen molar-refractivity contribution in [1.82, 2.24) is 10.6 Å². The molecule has 1 aliphatic rings. The third-order valence-electron chi connectivity index (χ3n) is 2.78. The van der Waals surface area contributed by atoms with Crippen LogP contribution in [0.3, 0.4) is 0 Å². The highest BCUT2D eigenvalue weighted by Gasteiger charge is 2.27. The van der Waals surface area contributed by atoms with Crippen molar-refractivity contribution in [2.75, 3.05) is 6.54 Å². The first-order valence-electron chi connectivity index (χ1n) is 5.48. The molecule has 3 nitrogen and oxygen atoms in total. The van der Waals surface area contributed by atoms with Gasteiger partial charge in [0, 0.05) is 0 Å². The topological polar surface area (TPSA) is 41.1 Å². The average Bonchev–Trinajstić information content (AvgIpc) is 2.17. The SMILES string of the molecule is C#CC(C)(C)NC(=O)C1CC(C)CCN1. The van der Waals surface area contributed by atoms with E-state index in [-0.39, 0.29) is 11.9 Å². The van der Waals surface area contributed by atoms with E-state index in [0.29, 0.717) is 5.92 Å². The van der Waals surface area contributed by atoms with Crippen molar-refractivity contribution in [3.05, 3.63) is 0 Å². The minimum Gasteiger partial charge on any atom is -0.339 e. The van der Waals surface area contributed by atoms with Crippen molar-refractivity contribution in [3.63, 3.8) is 0 Å². The molecule has 2 N–H and O–H groups in total. The van der Waals surface area contributed by atoms with Gasteiger partial charge in [0.2, 0.25) is 5.91 Å². The Balaban J connectivity index is 2.50. The lowest BCUT2D eigenvalue weighted by Crippen LogP contribution is -2.53. The Morgan fingerprint density at radius 3 is 2.80 bits per heavy atom. The van der Waals surface area contributed by atoms with Crippen LogP contribution in [-0.4, -0.2) is 24.0 Å². The number of hydrogen-bond donors (Lipinski definition) is 2. The van der Waals surface area contributed by atoms with Crippen LogP contribution in [0.5, 0.6) is 0 Å². The minimum atomic E-state index is -0.556. The van der Waals surface area contributed by atoms with Gasteiger partial charge in [0.1, 0.15) is 0 Å². The van der Waals surface area contributed by atoms with Crippen LogP contribution in [0, 0.1) is 18.3 Å². The Bertz CT molecular complexity index is 278. The second-order valence-corrected chi connectivity index (χ2v) is 4.89. The summed E-state index contributed by atoms with van der Waals surface area (Å²) >= 11 is 0. The van der Waals surface area contributed by atoms with Gasteiger partial charge in [-0.1, -0.05) is 12.8 Å². The summed E-state index contributed by atoms with van der Waals surface area (Å²) in [5.41, 5.74) is -0.556. The monoisotopic (exact) mass is 208 g/mol. The zero-order valence-electron chi connectivity index (χ0n) is 9.76. The van der Waals surface area contributed by atoms with E-state index >= 15 is 0 Å². The van der Waals surface area contributed by atoms with E-state index in [0.717, 1.165) is 19.4 Å². The lowest BCUT2D eigenvalue weighted by atomic mass is 9.93. The predicted molar refractivity (Wildman–Crippen MR) is 61.2 cm³/mol. The summed E-state index contributed by atoms with van der Waals surface area (Å²) in [5, 5.41) is 6.07. The molecule has 1 aliphatic heterocycles. The van der Waals surface area contributed by atoms with E-state index < -0.39 is 5.54 Å². The number of carbonyl (C=O) groups is 1. The molecule has 15 heavy (non-hydrogen) atoms. The maximum atomic E-state index is 11.8. The number of rotatable bonds is 2. The Hall–Kier alpha value is -1.01. The molecule has 1 rings (SSSR count). The first-order valence-corrected chi connectivity index (χ1v) is 5.48. The van der Waals surface area contributed by atoms with Crippen molar-refractivity contribution >= 4 is 5.91 Å². The summed E-state index contributed by atoms with van der Waals surface area (Å²) in [5.74, 6) is 3.19. The van der Waals surface area contributed by atoms with E-state index in [1.807, 2.05) is 13.8 Å². The molecular weight excluding hydrogens is 188 g/mol. The lowest BCUT2D eigenvalue weighted by Gasteiger charge is -2.30. The highest BCUT2D eigenvalue weighted by atomic mass is 16.2. The Labute approximate surface area is 92.0 Å². The molecule has 1 amide bonds. The number of amides is 1. The van der Waals surface area contributed by atoms with E-state index in [2.05, 4.69) is 23.5 Å². The fourth-order valence-corrected chi connectivity index (χ4v) is 1.74. The summed E-state index contributed by atoms with van der Waals surface area (Å²) in [6, 6.07) is -0.0821. The fourth-order valence-electron chi connectivity index (χ4n) is 1.74. The maximum absolute atomic E-state index is 11.8. The van der Waals surface area contributed by atoms with Gasteiger partial charge in [-0.15, -0.1) is 6.42 Å². The largest absolute Gasteiger partial charge is 0.339 e. The van der Waals surface area contributed by atoms with Crippen molar-refractivity contribution in [2.45, 2.75) is 45.2 Å². The van der Waals surface area contributed by atoms with Gasteiger partial charge in [0.25, 0.3) is 0 Å². The molecule has 2 atom stereocenters. The minimum absolute atomic E-state index is 0.0181. The van der Waals surface area contributed by atoms with Gasteiger partial charge in [-0.2, -0.15) is 0 Å². The molecule has 1 fully saturated rings. The number of hydrogen-bond acceptors (Lipinski definition) is 2. The van der Waals surface area contributed by atoms with E-state index in [1.165, 1.54) is 0 Å². The van der Waals surface area contributed by atoms with Crippen LogP contribution in [0.2, 0.25) is 0 Å². The van der Waals surface area contributed by atoms with Crippen LogP contribution in [0.4, 0.5) is 0 Å². The molecule has 1 saturated heterocycles. The van der Waals surface area contributed by atoms with Crippen LogP contribution in [0.25, 0.3) is 0 Å². The molecule has 0 spiro atoms. The number of nitrogens with one attached hydrogen (secondary N) is 2. The second kappa shape index (κ2) is 4.67. The molecule has 0 aliphatic carbocycles. The van der Waals surface area contributed by atoms with Crippen molar-refractivity contribution < 1.29 is 4.79 Å². The summed E-state index contributed by atoms with van der Waals surface area (Å²) < 4.78 is 0. The summed E-state index contributed by atoms with van der Waals surface area (Å²) in [6.07, 6.45) is 7.36. The molecule has 2 unspecified atom stereocenters. The third-order valence-corrected chi connectivity index (χ3v) is 2.78. The van der Waals surface area contributed by atoms with E-state index in [9.17, 15) is 4.79 Å². The van der Waals surface area contributed by atoms with Gasteiger partial charge in [-0.3, -0.25) is 4.79 Å². The van der Waals surface area contributed by atoms with Crippen molar-refractivity contribution in [1.29, 1.82) is 0 Å². The van der Waals surface area contributed by atoms with Crippen molar-refractivity contribution in [2.24, 2.45) is 5.92 Å². The van der Waals surface area contributed by atoms with Gasteiger partial charge < -0.3 is 10.6 Å². The van der Waals surface area contributed by atoms with Crippen LogP contribution in [0.15, 0.2) is 0 Å².